The molecule has 4 N–H and O–H groups in total. The van der Waals surface area contributed by atoms with E-state index in [4.69, 9.17) is 25.1 Å². The standard InChI is InChI=1S/C9H17NO5/c1-9(2)14-7-5(12)6(4(10)3-11)13-8(7)15-9/h4-8,11-12H,3,10H2,1-2H3/t4-,5-,6-,7+,8+/m0/s1. The van der Waals surface area contributed by atoms with Crippen LogP contribution in [0.25, 0.3) is 0 Å². The van der Waals surface area contributed by atoms with Crippen LogP contribution in [0.2, 0.25) is 0 Å². The van der Waals surface area contributed by atoms with E-state index in [0.29, 0.717) is 0 Å². The van der Waals surface area contributed by atoms with Crippen LogP contribution in [0.4, 0.5) is 0 Å². The molecule has 5 atom stereocenters. The van der Waals surface area contributed by atoms with E-state index in [2.05, 4.69) is 0 Å². The van der Waals surface area contributed by atoms with Crippen molar-refractivity contribution < 1.29 is 24.4 Å². The Morgan fingerprint density at radius 1 is 1.40 bits per heavy atom. The van der Waals surface area contributed by atoms with Crippen LogP contribution < -0.4 is 5.73 Å². The average molecular weight is 219 g/mol. The predicted octanol–water partition coefficient (Wildman–Crippen LogP) is -1.46. The Labute approximate surface area is 87.9 Å². The van der Waals surface area contributed by atoms with Gasteiger partial charge in [0.1, 0.15) is 18.3 Å². The highest BCUT2D eigenvalue weighted by atomic mass is 16.8. The molecule has 2 fully saturated rings. The quantitative estimate of drug-likeness (QED) is 0.525. The van der Waals surface area contributed by atoms with Crippen molar-refractivity contribution in [2.45, 2.75) is 50.3 Å². The summed E-state index contributed by atoms with van der Waals surface area (Å²) in [5.41, 5.74) is 5.59. The van der Waals surface area contributed by atoms with E-state index in [0.717, 1.165) is 0 Å². The predicted molar refractivity (Wildman–Crippen MR) is 49.8 cm³/mol. The molecule has 0 aromatic rings. The van der Waals surface area contributed by atoms with Crippen LogP contribution in [0.15, 0.2) is 0 Å². The number of rotatable bonds is 2. The summed E-state index contributed by atoms with van der Waals surface area (Å²) in [7, 11) is 0. The fourth-order valence-corrected chi connectivity index (χ4v) is 1.97. The van der Waals surface area contributed by atoms with Gasteiger partial charge in [-0.25, -0.2) is 0 Å². The van der Waals surface area contributed by atoms with Crippen molar-refractivity contribution in [2.75, 3.05) is 6.61 Å². The third-order valence-electron chi connectivity index (χ3n) is 2.69. The molecule has 0 bridgehead atoms. The van der Waals surface area contributed by atoms with Crippen molar-refractivity contribution in [1.82, 2.24) is 0 Å². The molecule has 0 aromatic carbocycles. The van der Waals surface area contributed by atoms with Crippen molar-refractivity contribution in [1.29, 1.82) is 0 Å². The van der Waals surface area contributed by atoms with Crippen LogP contribution in [-0.2, 0) is 14.2 Å². The summed E-state index contributed by atoms with van der Waals surface area (Å²) in [5.74, 6) is -0.745. The smallest absolute Gasteiger partial charge is 0.190 e. The number of ether oxygens (including phenoxy) is 3. The van der Waals surface area contributed by atoms with Gasteiger partial charge in [0, 0.05) is 0 Å². The van der Waals surface area contributed by atoms with E-state index in [1.807, 2.05) is 0 Å². The first-order chi connectivity index (χ1) is 6.94. The maximum absolute atomic E-state index is 9.87. The molecule has 2 aliphatic rings. The molecule has 2 saturated heterocycles. The van der Waals surface area contributed by atoms with Gasteiger partial charge in [-0.2, -0.15) is 0 Å². The monoisotopic (exact) mass is 219 g/mol. The molecule has 0 radical (unpaired) electrons. The van der Waals surface area contributed by atoms with Crippen LogP contribution in [0.5, 0.6) is 0 Å². The second-order valence-electron chi connectivity index (χ2n) is 4.41. The van der Waals surface area contributed by atoms with Crippen molar-refractivity contribution in [3.63, 3.8) is 0 Å². The topological polar surface area (TPSA) is 94.2 Å². The Kier molecular flexibility index (Phi) is 2.74. The zero-order chi connectivity index (χ0) is 11.2. The minimum absolute atomic E-state index is 0.245. The molecule has 0 aliphatic carbocycles. The summed E-state index contributed by atoms with van der Waals surface area (Å²) in [6, 6.07) is -0.624. The van der Waals surface area contributed by atoms with Gasteiger partial charge in [0.15, 0.2) is 12.1 Å². The van der Waals surface area contributed by atoms with Crippen LogP contribution >= 0.6 is 0 Å². The van der Waals surface area contributed by atoms with E-state index in [-0.39, 0.29) is 6.61 Å². The Morgan fingerprint density at radius 3 is 2.60 bits per heavy atom. The number of fused-ring (bicyclic) bond motifs is 1. The van der Waals surface area contributed by atoms with E-state index < -0.39 is 36.4 Å². The zero-order valence-electron chi connectivity index (χ0n) is 8.79. The first kappa shape index (κ1) is 11.3. The molecule has 6 nitrogen and oxygen atoms in total. The highest BCUT2D eigenvalue weighted by molar-refractivity contribution is 4.96. The lowest BCUT2D eigenvalue weighted by Crippen LogP contribution is -2.46. The largest absolute Gasteiger partial charge is 0.395 e. The minimum atomic E-state index is -0.862. The zero-order valence-corrected chi connectivity index (χ0v) is 8.79. The molecule has 0 aromatic heterocycles. The highest BCUT2D eigenvalue weighted by Gasteiger charge is 2.55. The van der Waals surface area contributed by atoms with Gasteiger partial charge in [0.2, 0.25) is 0 Å². The molecule has 0 unspecified atom stereocenters. The fourth-order valence-electron chi connectivity index (χ4n) is 1.97. The lowest BCUT2D eigenvalue weighted by molar-refractivity contribution is -0.217. The second-order valence-corrected chi connectivity index (χ2v) is 4.41. The Balaban J connectivity index is 2.05. The lowest BCUT2D eigenvalue weighted by atomic mass is 10.1. The third kappa shape index (κ3) is 1.89. The molecule has 2 aliphatic heterocycles. The SMILES string of the molecule is CC1(C)O[C@H]2O[C@@H]([C@@H](N)CO)[C@H](O)[C@H]2O1. The molecule has 6 heteroatoms. The molecule has 15 heavy (non-hydrogen) atoms. The van der Waals surface area contributed by atoms with Crippen molar-refractivity contribution in [2.24, 2.45) is 5.73 Å². The molecular weight excluding hydrogens is 202 g/mol. The van der Waals surface area contributed by atoms with Gasteiger partial charge in [-0.05, 0) is 13.8 Å². The van der Waals surface area contributed by atoms with Gasteiger partial charge in [-0.15, -0.1) is 0 Å². The third-order valence-corrected chi connectivity index (χ3v) is 2.69. The Morgan fingerprint density at radius 2 is 2.07 bits per heavy atom. The van der Waals surface area contributed by atoms with Crippen molar-refractivity contribution in [3.8, 4) is 0 Å². The second kappa shape index (κ2) is 3.65. The number of hydrogen-bond donors (Lipinski definition) is 3. The van der Waals surface area contributed by atoms with Gasteiger partial charge in [-0.1, -0.05) is 0 Å². The molecule has 88 valence electrons. The number of nitrogens with two attached hydrogens (primary N) is 1. The summed E-state index contributed by atoms with van der Waals surface area (Å²) in [6.45, 7) is 3.26. The number of hydrogen-bond acceptors (Lipinski definition) is 6. The molecular formula is C9H17NO5. The van der Waals surface area contributed by atoms with Gasteiger partial charge in [-0.3, -0.25) is 0 Å². The Bertz CT molecular complexity index is 247. The Hall–Kier alpha value is -0.240. The van der Waals surface area contributed by atoms with Crippen LogP contribution in [-0.4, -0.2) is 53.3 Å². The number of aliphatic hydroxyl groups is 2. The van der Waals surface area contributed by atoms with E-state index >= 15 is 0 Å². The summed E-state index contributed by atoms with van der Waals surface area (Å²) in [5, 5.41) is 18.8. The maximum Gasteiger partial charge on any atom is 0.190 e. The summed E-state index contributed by atoms with van der Waals surface area (Å²) >= 11 is 0. The van der Waals surface area contributed by atoms with Crippen LogP contribution in [0.1, 0.15) is 13.8 Å². The molecule has 0 saturated carbocycles. The molecule has 2 rings (SSSR count). The summed E-state index contributed by atoms with van der Waals surface area (Å²) in [4.78, 5) is 0. The minimum Gasteiger partial charge on any atom is -0.395 e. The van der Waals surface area contributed by atoms with Crippen molar-refractivity contribution >= 4 is 0 Å². The molecule has 0 amide bonds. The van der Waals surface area contributed by atoms with Gasteiger partial charge in [0.05, 0.1) is 12.6 Å². The van der Waals surface area contributed by atoms with Gasteiger partial charge in [0.25, 0.3) is 0 Å². The highest BCUT2D eigenvalue weighted by Crippen LogP contribution is 2.37. The van der Waals surface area contributed by atoms with Crippen LogP contribution in [0.3, 0.4) is 0 Å². The number of aliphatic hydroxyl groups excluding tert-OH is 2. The van der Waals surface area contributed by atoms with E-state index in [9.17, 15) is 5.11 Å². The molecule has 0 spiro atoms. The molecule has 2 heterocycles. The summed E-state index contributed by atoms with van der Waals surface area (Å²) < 4.78 is 16.3. The first-order valence-corrected chi connectivity index (χ1v) is 5.00. The van der Waals surface area contributed by atoms with Gasteiger partial charge < -0.3 is 30.2 Å². The van der Waals surface area contributed by atoms with E-state index in [1.54, 1.807) is 13.8 Å². The van der Waals surface area contributed by atoms with E-state index in [1.165, 1.54) is 0 Å². The lowest BCUT2D eigenvalue weighted by Gasteiger charge is -2.25. The fraction of sp³-hybridized carbons (Fsp3) is 1.00. The maximum atomic E-state index is 9.87. The van der Waals surface area contributed by atoms with Crippen LogP contribution in [0, 0.1) is 0 Å². The summed E-state index contributed by atoms with van der Waals surface area (Å²) in [6.07, 6.45) is -2.62. The normalized spacial score (nSPS) is 45.4. The average Bonchev–Trinajstić information content (AvgIpc) is 2.60. The van der Waals surface area contributed by atoms with Crippen molar-refractivity contribution in [3.05, 3.63) is 0 Å². The first-order valence-electron chi connectivity index (χ1n) is 5.00. The van der Waals surface area contributed by atoms with Gasteiger partial charge >= 0.3 is 0 Å².